The van der Waals surface area contributed by atoms with Gasteiger partial charge in [-0.3, -0.25) is 4.79 Å². The number of methoxy groups -OCH3 is 1. The number of nitrogens with zero attached hydrogens (tertiary/aromatic N) is 1. The van der Waals surface area contributed by atoms with E-state index in [1.807, 2.05) is 0 Å². The molecule has 6 heteroatoms. The summed E-state index contributed by atoms with van der Waals surface area (Å²) in [6.07, 6.45) is 4.84. The summed E-state index contributed by atoms with van der Waals surface area (Å²) >= 11 is 0. The largest absolute Gasteiger partial charge is 0.469 e. The molecule has 2 atom stereocenters. The highest BCUT2D eigenvalue weighted by Crippen LogP contribution is 2.33. The summed E-state index contributed by atoms with van der Waals surface area (Å²) in [5, 5.41) is -0.695. The number of rotatable bonds is 7. The summed E-state index contributed by atoms with van der Waals surface area (Å²) in [5.41, 5.74) is 0. The van der Waals surface area contributed by atoms with Gasteiger partial charge in [0, 0.05) is 13.1 Å². The molecule has 5 nitrogen and oxygen atoms in total. The van der Waals surface area contributed by atoms with Crippen LogP contribution >= 0.6 is 0 Å². The molecule has 108 valence electrons. The minimum atomic E-state index is -3.54. The molecule has 0 aromatic rings. The Morgan fingerprint density at radius 1 is 1.32 bits per heavy atom. The molecule has 0 spiro atoms. The number of sulfonamides is 1. The van der Waals surface area contributed by atoms with E-state index < -0.39 is 27.2 Å². The molecule has 0 saturated heterocycles. The predicted molar refractivity (Wildman–Crippen MR) is 74.0 cm³/mol. The van der Waals surface area contributed by atoms with Crippen molar-refractivity contribution in [1.29, 1.82) is 0 Å². The third-order valence-electron chi connectivity index (χ3n) is 3.36. The molecule has 2 unspecified atom stereocenters. The van der Waals surface area contributed by atoms with E-state index in [1.54, 1.807) is 0 Å². The lowest BCUT2D eigenvalue weighted by atomic mass is 10.1. The Morgan fingerprint density at radius 2 is 1.89 bits per heavy atom. The third-order valence-corrected chi connectivity index (χ3v) is 5.71. The average Bonchev–Trinajstić information content (AvgIpc) is 2.87. The summed E-state index contributed by atoms with van der Waals surface area (Å²) in [6, 6.07) is 0. The van der Waals surface area contributed by atoms with Crippen LogP contribution in [-0.4, -0.2) is 44.1 Å². The number of hydrogen-bond acceptors (Lipinski definition) is 4. The summed E-state index contributed by atoms with van der Waals surface area (Å²) in [4.78, 5) is 11.7. The first-order valence-corrected chi connectivity index (χ1v) is 7.78. The maximum absolute atomic E-state index is 12.6. The topological polar surface area (TPSA) is 63.7 Å². The fourth-order valence-electron chi connectivity index (χ4n) is 2.47. The fourth-order valence-corrected chi connectivity index (χ4v) is 4.60. The fraction of sp³-hybridized carbons (Fsp3) is 0.615. The number of carbonyl (C=O) groups excluding carboxylic acids is 1. The molecule has 0 aromatic carbocycles. The number of ether oxygens (including phenoxy) is 1. The zero-order valence-electron chi connectivity index (χ0n) is 11.2. The lowest BCUT2D eigenvalue weighted by Gasteiger charge is -2.26. The summed E-state index contributed by atoms with van der Waals surface area (Å²) < 4.78 is 31.1. The molecule has 0 N–H and O–H groups in total. The molecule has 0 heterocycles. The van der Waals surface area contributed by atoms with Crippen molar-refractivity contribution >= 4 is 16.0 Å². The molecule has 1 saturated carbocycles. The summed E-state index contributed by atoms with van der Waals surface area (Å²) in [7, 11) is -2.25. The maximum Gasteiger partial charge on any atom is 0.310 e. The second-order valence-corrected chi connectivity index (χ2v) is 6.69. The Hall–Kier alpha value is -1.14. The molecule has 1 fully saturated rings. The van der Waals surface area contributed by atoms with Crippen LogP contribution in [0.2, 0.25) is 0 Å². The third kappa shape index (κ3) is 3.45. The highest BCUT2D eigenvalue weighted by atomic mass is 32.2. The van der Waals surface area contributed by atoms with Gasteiger partial charge in [0.25, 0.3) is 0 Å². The molecule has 0 radical (unpaired) electrons. The van der Waals surface area contributed by atoms with Gasteiger partial charge in [-0.25, -0.2) is 8.42 Å². The molecule has 0 aliphatic heterocycles. The van der Waals surface area contributed by atoms with E-state index in [2.05, 4.69) is 13.2 Å². The van der Waals surface area contributed by atoms with Crippen molar-refractivity contribution in [1.82, 2.24) is 4.31 Å². The van der Waals surface area contributed by atoms with E-state index >= 15 is 0 Å². The van der Waals surface area contributed by atoms with Crippen LogP contribution in [-0.2, 0) is 19.6 Å². The van der Waals surface area contributed by atoms with Gasteiger partial charge in [-0.15, -0.1) is 13.2 Å². The molecule has 1 aliphatic carbocycles. The van der Waals surface area contributed by atoms with Gasteiger partial charge >= 0.3 is 5.97 Å². The van der Waals surface area contributed by atoms with Crippen molar-refractivity contribution in [2.45, 2.75) is 24.5 Å². The zero-order chi connectivity index (χ0) is 14.5. The van der Waals surface area contributed by atoms with E-state index in [1.165, 1.54) is 23.6 Å². The van der Waals surface area contributed by atoms with Crippen LogP contribution in [0.25, 0.3) is 0 Å². The van der Waals surface area contributed by atoms with Gasteiger partial charge in [-0.1, -0.05) is 18.6 Å². The van der Waals surface area contributed by atoms with Crippen LogP contribution < -0.4 is 0 Å². The molecule has 0 bridgehead atoms. The second kappa shape index (κ2) is 6.86. The van der Waals surface area contributed by atoms with Crippen LogP contribution in [0.4, 0.5) is 0 Å². The number of esters is 1. The van der Waals surface area contributed by atoms with Crippen molar-refractivity contribution in [3.05, 3.63) is 25.3 Å². The van der Waals surface area contributed by atoms with E-state index in [4.69, 9.17) is 4.74 Å². The van der Waals surface area contributed by atoms with Gasteiger partial charge in [0.2, 0.25) is 10.0 Å². The SMILES string of the molecule is C=CCN(CC=C)S(=O)(=O)C1CCCC1C(=O)OC. The normalized spacial score (nSPS) is 23.3. The van der Waals surface area contributed by atoms with E-state index in [0.717, 1.165) is 6.42 Å². The van der Waals surface area contributed by atoms with Crippen molar-refractivity contribution < 1.29 is 17.9 Å². The van der Waals surface area contributed by atoms with E-state index in [0.29, 0.717) is 12.8 Å². The number of carbonyl (C=O) groups is 1. The zero-order valence-corrected chi connectivity index (χ0v) is 12.1. The highest BCUT2D eigenvalue weighted by Gasteiger charge is 2.44. The highest BCUT2D eigenvalue weighted by molar-refractivity contribution is 7.89. The van der Waals surface area contributed by atoms with Crippen LogP contribution in [0.1, 0.15) is 19.3 Å². The smallest absolute Gasteiger partial charge is 0.310 e. The van der Waals surface area contributed by atoms with E-state index in [9.17, 15) is 13.2 Å². The van der Waals surface area contributed by atoms with Crippen LogP contribution in [0.15, 0.2) is 25.3 Å². The van der Waals surface area contributed by atoms with Crippen LogP contribution in [0.3, 0.4) is 0 Å². The van der Waals surface area contributed by atoms with Crippen molar-refractivity contribution in [2.24, 2.45) is 5.92 Å². The van der Waals surface area contributed by atoms with Gasteiger partial charge in [0.1, 0.15) is 0 Å². The quantitative estimate of drug-likeness (QED) is 0.523. The molecule has 0 aromatic heterocycles. The lowest BCUT2D eigenvalue weighted by Crippen LogP contribution is -2.42. The van der Waals surface area contributed by atoms with Gasteiger partial charge in [-0.05, 0) is 12.8 Å². The molecule has 1 aliphatic rings. The van der Waals surface area contributed by atoms with Crippen LogP contribution in [0.5, 0.6) is 0 Å². The maximum atomic E-state index is 12.6. The first-order valence-electron chi connectivity index (χ1n) is 6.27. The Kier molecular flexibility index (Phi) is 5.75. The Morgan fingerprint density at radius 3 is 2.37 bits per heavy atom. The average molecular weight is 287 g/mol. The van der Waals surface area contributed by atoms with Crippen LogP contribution in [0, 0.1) is 5.92 Å². The minimum absolute atomic E-state index is 0.221. The Labute approximate surface area is 115 Å². The molecular weight excluding hydrogens is 266 g/mol. The molecule has 0 amide bonds. The number of hydrogen-bond donors (Lipinski definition) is 0. The monoisotopic (exact) mass is 287 g/mol. The van der Waals surface area contributed by atoms with Gasteiger partial charge < -0.3 is 4.74 Å². The van der Waals surface area contributed by atoms with Crippen molar-refractivity contribution in [3.8, 4) is 0 Å². The van der Waals surface area contributed by atoms with E-state index in [-0.39, 0.29) is 13.1 Å². The Balaban J connectivity index is 2.99. The first-order chi connectivity index (χ1) is 8.98. The van der Waals surface area contributed by atoms with Crippen molar-refractivity contribution in [3.63, 3.8) is 0 Å². The standard InChI is InChI=1S/C13H21NO4S/c1-4-9-14(10-5-2)19(16,17)12-8-6-7-11(12)13(15)18-3/h4-5,11-12H,1-2,6-10H2,3H3. The summed E-state index contributed by atoms with van der Waals surface area (Å²) in [6.45, 7) is 7.56. The predicted octanol–water partition coefficient (Wildman–Crippen LogP) is 1.33. The second-order valence-electron chi connectivity index (χ2n) is 4.54. The van der Waals surface area contributed by atoms with Crippen molar-refractivity contribution in [2.75, 3.05) is 20.2 Å². The Bertz CT molecular complexity index is 434. The molecule has 1 rings (SSSR count). The minimum Gasteiger partial charge on any atom is -0.469 e. The summed E-state index contributed by atoms with van der Waals surface area (Å²) in [5.74, 6) is -1.00. The van der Waals surface area contributed by atoms with Gasteiger partial charge in [-0.2, -0.15) is 4.31 Å². The molecular formula is C13H21NO4S. The molecule has 19 heavy (non-hydrogen) atoms. The first kappa shape index (κ1) is 15.9. The van der Waals surface area contributed by atoms with Gasteiger partial charge in [0.15, 0.2) is 0 Å². The lowest BCUT2D eigenvalue weighted by molar-refractivity contribution is -0.145. The van der Waals surface area contributed by atoms with Gasteiger partial charge in [0.05, 0.1) is 18.3 Å².